The van der Waals surface area contributed by atoms with Crippen molar-refractivity contribution < 1.29 is 4.39 Å². The molecule has 0 aromatic heterocycles. The Hall–Kier alpha value is -0.450. The van der Waals surface area contributed by atoms with Gasteiger partial charge in [-0.05, 0) is 49.9 Å². The normalized spacial score (nSPS) is 26.4. The van der Waals surface area contributed by atoms with E-state index < -0.39 is 0 Å². The Bertz CT molecular complexity index is 438. The van der Waals surface area contributed by atoms with E-state index in [4.69, 9.17) is 5.73 Å². The van der Waals surface area contributed by atoms with Crippen LogP contribution in [-0.2, 0) is 0 Å². The Kier molecular flexibility index (Phi) is 4.98. The molecule has 1 aromatic carbocycles. The van der Waals surface area contributed by atoms with E-state index >= 15 is 0 Å². The second-order valence-electron chi connectivity index (χ2n) is 5.52. The van der Waals surface area contributed by atoms with Crippen molar-refractivity contribution in [3.8, 4) is 0 Å². The smallest absolute Gasteiger partial charge is 0.124 e. The van der Waals surface area contributed by atoms with Crippen LogP contribution in [0.25, 0.3) is 0 Å². The lowest BCUT2D eigenvalue weighted by Crippen LogP contribution is -2.46. The van der Waals surface area contributed by atoms with Crippen LogP contribution < -0.4 is 5.73 Å². The highest BCUT2D eigenvalue weighted by atomic mass is 79.9. The molecule has 1 aromatic rings. The molecule has 1 saturated heterocycles. The molecular formula is C15H22BrFN2. The Labute approximate surface area is 123 Å². The summed E-state index contributed by atoms with van der Waals surface area (Å²) in [6, 6.07) is 5.56. The Balaban J connectivity index is 2.28. The maximum atomic E-state index is 13.2. The molecule has 1 aliphatic heterocycles. The molecule has 2 rings (SSSR count). The van der Waals surface area contributed by atoms with Gasteiger partial charge in [0.1, 0.15) is 5.82 Å². The van der Waals surface area contributed by atoms with E-state index in [1.54, 1.807) is 0 Å². The van der Waals surface area contributed by atoms with Gasteiger partial charge in [-0.1, -0.05) is 28.9 Å². The second kappa shape index (κ2) is 6.33. The molecule has 3 atom stereocenters. The molecule has 2 nitrogen and oxygen atoms in total. The summed E-state index contributed by atoms with van der Waals surface area (Å²) in [6.45, 7) is 6.19. The molecule has 1 fully saturated rings. The Morgan fingerprint density at radius 2 is 2.21 bits per heavy atom. The first kappa shape index (κ1) is 14.9. The molecule has 3 unspecified atom stereocenters. The minimum absolute atomic E-state index is 0.160. The van der Waals surface area contributed by atoms with Crippen LogP contribution in [0.4, 0.5) is 4.39 Å². The van der Waals surface area contributed by atoms with Gasteiger partial charge in [-0.2, -0.15) is 0 Å². The number of nitrogens with two attached hydrogens (primary N) is 1. The molecule has 0 spiro atoms. The first-order valence-corrected chi connectivity index (χ1v) is 7.74. The summed E-state index contributed by atoms with van der Waals surface area (Å²) < 4.78 is 14.0. The second-order valence-corrected chi connectivity index (χ2v) is 6.37. The van der Waals surface area contributed by atoms with Gasteiger partial charge in [0.05, 0.1) is 0 Å². The molecule has 0 aliphatic carbocycles. The van der Waals surface area contributed by atoms with Gasteiger partial charge >= 0.3 is 0 Å². The van der Waals surface area contributed by atoms with Crippen molar-refractivity contribution in [3.63, 3.8) is 0 Å². The number of nitrogens with zero attached hydrogens (tertiary/aromatic N) is 1. The summed E-state index contributed by atoms with van der Waals surface area (Å²) in [5, 5.41) is 0. The van der Waals surface area contributed by atoms with Gasteiger partial charge in [0.15, 0.2) is 0 Å². The molecule has 19 heavy (non-hydrogen) atoms. The topological polar surface area (TPSA) is 29.3 Å². The van der Waals surface area contributed by atoms with Crippen molar-refractivity contribution in [2.75, 3.05) is 13.1 Å². The predicted octanol–water partition coefficient (Wildman–Crippen LogP) is 3.71. The number of halogens is 2. The molecule has 0 bridgehead atoms. The zero-order valence-corrected chi connectivity index (χ0v) is 13.2. The number of hydrogen-bond acceptors (Lipinski definition) is 2. The molecule has 0 radical (unpaired) electrons. The molecule has 4 heteroatoms. The van der Waals surface area contributed by atoms with Gasteiger partial charge in [-0.25, -0.2) is 4.39 Å². The highest BCUT2D eigenvalue weighted by molar-refractivity contribution is 9.10. The largest absolute Gasteiger partial charge is 0.329 e. The standard InChI is InChI=1S/C15H22BrFN2/c1-10-4-3-7-19(11(10)2)15(9-18)13-6-5-12(17)8-14(13)16/h5-6,8,10-11,15H,3-4,7,9,18H2,1-2H3. The fourth-order valence-electron chi connectivity index (χ4n) is 3.02. The third-order valence-corrected chi connectivity index (χ3v) is 5.05. The minimum atomic E-state index is -0.216. The summed E-state index contributed by atoms with van der Waals surface area (Å²) in [6.07, 6.45) is 2.49. The zero-order valence-electron chi connectivity index (χ0n) is 11.6. The van der Waals surface area contributed by atoms with E-state index in [0.717, 1.165) is 16.6 Å². The first-order valence-electron chi connectivity index (χ1n) is 6.95. The van der Waals surface area contributed by atoms with Crippen LogP contribution in [0, 0.1) is 11.7 Å². The van der Waals surface area contributed by atoms with Crippen LogP contribution in [0.5, 0.6) is 0 Å². The summed E-state index contributed by atoms with van der Waals surface area (Å²) in [5.74, 6) is 0.466. The lowest BCUT2D eigenvalue weighted by molar-refractivity contribution is 0.0706. The molecular weight excluding hydrogens is 307 g/mol. The number of likely N-dealkylation sites (tertiary alicyclic amines) is 1. The Morgan fingerprint density at radius 1 is 1.47 bits per heavy atom. The van der Waals surface area contributed by atoms with Crippen LogP contribution in [0.1, 0.15) is 38.3 Å². The van der Waals surface area contributed by atoms with Crippen molar-refractivity contribution in [1.29, 1.82) is 0 Å². The average molecular weight is 329 g/mol. The van der Waals surface area contributed by atoms with Crippen LogP contribution in [0.15, 0.2) is 22.7 Å². The van der Waals surface area contributed by atoms with Gasteiger partial charge in [-0.15, -0.1) is 0 Å². The van der Waals surface area contributed by atoms with Crippen molar-refractivity contribution in [1.82, 2.24) is 4.90 Å². The van der Waals surface area contributed by atoms with Gasteiger partial charge in [-0.3, -0.25) is 4.90 Å². The predicted molar refractivity (Wildman–Crippen MR) is 80.5 cm³/mol. The monoisotopic (exact) mass is 328 g/mol. The molecule has 106 valence electrons. The van der Waals surface area contributed by atoms with Crippen molar-refractivity contribution in [2.24, 2.45) is 11.7 Å². The van der Waals surface area contributed by atoms with E-state index in [2.05, 4.69) is 34.7 Å². The van der Waals surface area contributed by atoms with Crippen LogP contribution in [0.3, 0.4) is 0 Å². The van der Waals surface area contributed by atoms with Crippen LogP contribution in [-0.4, -0.2) is 24.0 Å². The summed E-state index contributed by atoms with van der Waals surface area (Å²) in [7, 11) is 0. The molecule has 2 N–H and O–H groups in total. The van der Waals surface area contributed by atoms with E-state index in [1.165, 1.54) is 25.0 Å². The van der Waals surface area contributed by atoms with Crippen LogP contribution in [0.2, 0.25) is 0 Å². The Morgan fingerprint density at radius 3 is 2.84 bits per heavy atom. The lowest BCUT2D eigenvalue weighted by atomic mass is 9.89. The summed E-state index contributed by atoms with van der Waals surface area (Å²) >= 11 is 3.47. The maximum absolute atomic E-state index is 13.2. The third kappa shape index (κ3) is 3.18. The molecule has 1 aliphatic rings. The van der Waals surface area contributed by atoms with E-state index in [-0.39, 0.29) is 11.9 Å². The highest BCUT2D eigenvalue weighted by Gasteiger charge is 2.31. The minimum Gasteiger partial charge on any atom is -0.329 e. The first-order chi connectivity index (χ1) is 9.04. The molecule has 0 saturated carbocycles. The number of hydrogen-bond donors (Lipinski definition) is 1. The number of rotatable bonds is 3. The number of benzene rings is 1. The average Bonchev–Trinajstić information content (AvgIpc) is 2.37. The maximum Gasteiger partial charge on any atom is 0.124 e. The van der Waals surface area contributed by atoms with E-state index in [9.17, 15) is 4.39 Å². The van der Waals surface area contributed by atoms with Gasteiger partial charge in [0.2, 0.25) is 0 Å². The van der Waals surface area contributed by atoms with Crippen molar-refractivity contribution in [3.05, 3.63) is 34.1 Å². The fourth-order valence-corrected chi connectivity index (χ4v) is 3.64. The highest BCUT2D eigenvalue weighted by Crippen LogP contribution is 2.34. The quantitative estimate of drug-likeness (QED) is 0.916. The molecule has 1 heterocycles. The fraction of sp³-hybridized carbons (Fsp3) is 0.600. The van der Waals surface area contributed by atoms with Gasteiger partial charge in [0, 0.05) is 23.1 Å². The zero-order chi connectivity index (χ0) is 14.0. The van der Waals surface area contributed by atoms with E-state index in [0.29, 0.717) is 18.5 Å². The van der Waals surface area contributed by atoms with Gasteiger partial charge in [0.25, 0.3) is 0 Å². The summed E-state index contributed by atoms with van der Waals surface area (Å²) in [5.41, 5.74) is 7.08. The molecule has 0 amide bonds. The summed E-state index contributed by atoms with van der Waals surface area (Å²) in [4.78, 5) is 2.46. The van der Waals surface area contributed by atoms with Crippen LogP contribution >= 0.6 is 15.9 Å². The third-order valence-electron chi connectivity index (χ3n) is 4.37. The van der Waals surface area contributed by atoms with Crippen molar-refractivity contribution in [2.45, 2.75) is 38.8 Å². The van der Waals surface area contributed by atoms with E-state index in [1.807, 2.05) is 6.07 Å². The number of piperidine rings is 1. The lowest BCUT2D eigenvalue weighted by Gasteiger charge is -2.43. The SMILES string of the molecule is CC1CCCN(C(CN)c2ccc(F)cc2Br)C1C. The van der Waals surface area contributed by atoms with Gasteiger partial charge < -0.3 is 5.73 Å². The van der Waals surface area contributed by atoms with Crippen molar-refractivity contribution >= 4 is 15.9 Å².